The number of rotatable bonds is 5. The van der Waals surface area contributed by atoms with E-state index in [1.807, 2.05) is 22.6 Å². The second-order valence-corrected chi connectivity index (χ2v) is 7.05. The standard InChI is InChI=1S/C15H18N2O2S2/c1-11-16-14(10-21-11)15(18)17(7-12-4-6-20-9-12)8-13-3-2-5-19-13/h4,6,9-10,13H,2-3,5,7-8H2,1H3. The molecule has 0 N–H and O–H groups in total. The molecule has 0 bridgehead atoms. The van der Waals surface area contributed by atoms with Crippen molar-refractivity contribution in [2.24, 2.45) is 0 Å². The third-order valence-electron chi connectivity index (χ3n) is 3.53. The summed E-state index contributed by atoms with van der Waals surface area (Å²) < 4.78 is 5.68. The van der Waals surface area contributed by atoms with Crippen molar-refractivity contribution in [3.8, 4) is 0 Å². The van der Waals surface area contributed by atoms with Crippen LogP contribution in [-0.2, 0) is 11.3 Å². The molecule has 1 saturated heterocycles. The van der Waals surface area contributed by atoms with Gasteiger partial charge in [0.1, 0.15) is 5.69 Å². The van der Waals surface area contributed by atoms with Gasteiger partial charge in [-0.1, -0.05) is 0 Å². The van der Waals surface area contributed by atoms with E-state index in [0.717, 1.165) is 24.5 Å². The monoisotopic (exact) mass is 322 g/mol. The Labute approximate surface area is 132 Å². The maximum atomic E-state index is 12.7. The van der Waals surface area contributed by atoms with E-state index in [1.165, 1.54) is 16.9 Å². The van der Waals surface area contributed by atoms with Crippen LogP contribution in [0, 0.1) is 6.92 Å². The lowest BCUT2D eigenvalue weighted by Gasteiger charge is -2.24. The maximum Gasteiger partial charge on any atom is 0.273 e. The Bertz CT molecular complexity index is 589. The van der Waals surface area contributed by atoms with Gasteiger partial charge >= 0.3 is 0 Å². The van der Waals surface area contributed by atoms with Crippen LogP contribution in [-0.4, -0.2) is 35.0 Å². The molecule has 0 aliphatic carbocycles. The van der Waals surface area contributed by atoms with Gasteiger partial charge in [0.2, 0.25) is 0 Å². The minimum Gasteiger partial charge on any atom is -0.376 e. The van der Waals surface area contributed by atoms with Crippen LogP contribution >= 0.6 is 22.7 Å². The smallest absolute Gasteiger partial charge is 0.273 e. The van der Waals surface area contributed by atoms with E-state index in [1.54, 1.807) is 11.3 Å². The number of aromatic nitrogens is 1. The topological polar surface area (TPSA) is 42.4 Å². The second-order valence-electron chi connectivity index (χ2n) is 5.20. The molecule has 21 heavy (non-hydrogen) atoms. The fourth-order valence-electron chi connectivity index (χ4n) is 2.48. The minimum absolute atomic E-state index is 0.000972. The zero-order valence-corrected chi connectivity index (χ0v) is 13.6. The van der Waals surface area contributed by atoms with Crippen LogP contribution in [0.25, 0.3) is 0 Å². The molecule has 1 atom stereocenters. The number of amides is 1. The molecular formula is C15H18N2O2S2. The molecule has 0 radical (unpaired) electrons. The first-order valence-electron chi connectivity index (χ1n) is 7.06. The maximum absolute atomic E-state index is 12.7. The highest BCUT2D eigenvalue weighted by Crippen LogP contribution is 2.19. The molecule has 112 valence electrons. The number of hydrogen-bond acceptors (Lipinski definition) is 5. The molecule has 1 unspecified atom stereocenters. The summed E-state index contributed by atoms with van der Waals surface area (Å²) in [6, 6.07) is 2.06. The number of aryl methyl sites for hydroxylation is 1. The van der Waals surface area contributed by atoms with Gasteiger partial charge in [0.25, 0.3) is 5.91 Å². The van der Waals surface area contributed by atoms with Crippen LogP contribution in [0.3, 0.4) is 0 Å². The van der Waals surface area contributed by atoms with E-state index in [9.17, 15) is 4.79 Å². The first-order valence-corrected chi connectivity index (χ1v) is 8.88. The fourth-order valence-corrected chi connectivity index (χ4v) is 3.73. The average molecular weight is 322 g/mol. The van der Waals surface area contributed by atoms with Crippen molar-refractivity contribution in [3.63, 3.8) is 0 Å². The van der Waals surface area contributed by atoms with E-state index in [4.69, 9.17) is 4.74 Å². The van der Waals surface area contributed by atoms with Gasteiger partial charge in [-0.05, 0) is 42.2 Å². The van der Waals surface area contributed by atoms with Gasteiger partial charge in [-0.15, -0.1) is 11.3 Å². The molecule has 3 rings (SSSR count). The third-order valence-corrected chi connectivity index (χ3v) is 5.03. The first kappa shape index (κ1) is 14.7. The fraction of sp³-hybridized carbons (Fsp3) is 0.467. The lowest BCUT2D eigenvalue weighted by Crippen LogP contribution is -2.37. The summed E-state index contributed by atoms with van der Waals surface area (Å²) in [5, 5.41) is 6.89. The molecule has 0 spiro atoms. The normalized spacial score (nSPS) is 18.0. The van der Waals surface area contributed by atoms with E-state index in [0.29, 0.717) is 18.8 Å². The van der Waals surface area contributed by atoms with Crippen LogP contribution < -0.4 is 0 Å². The van der Waals surface area contributed by atoms with E-state index in [2.05, 4.69) is 16.4 Å². The lowest BCUT2D eigenvalue weighted by molar-refractivity contribution is 0.0503. The van der Waals surface area contributed by atoms with E-state index >= 15 is 0 Å². The van der Waals surface area contributed by atoms with Crippen molar-refractivity contribution >= 4 is 28.6 Å². The molecule has 4 nitrogen and oxygen atoms in total. The molecule has 1 aliphatic heterocycles. The summed E-state index contributed by atoms with van der Waals surface area (Å²) in [4.78, 5) is 18.9. The highest BCUT2D eigenvalue weighted by Gasteiger charge is 2.24. The number of carbonyl (C=O) groups is 1. The third kappa shape index (κ3) is 3.70. The summed E-state index contributed by atoms with van der Waals surface area (Å²) in [5.74, 6) is 0.000972. The predicted molar refractivity (Wildman–Crippen MR) is 84.9 cm³/mol. The Kier molecular flexibility index (Phi) is 4.67. The summed E-state index contributed by atoms with van der Waals surface area (Å²) >= 11 is 3.17. The van der Waals surface area contributed by atoms with Crippen molar-refractivity contribution in [3.05, 3.63) is 38.5 Å². The van der Waals surface area contributed by atoms with Gasteiger partial charge in [-0.2, -0.15) is 11.3 Å². The minimum atomic E-state index is 0.000972. The van der Waals surface area contributed by atoms with Gasteiger partial charge in [-0.3, -0.25) is 4.79 Å². The van der Waals surface area contributed by atoms with Gasteiger partial charge in [0.15, 0.2) is 0 Å². The largest absolute Gasteiger partial charge is 0.376 e. The quantitative estimate of drug-likeness (QED) is 0.848. The van der Waals surface area contributed by atoms with Crippen LogP contribution in [0.2, 0.25) is 0 Å². The van der Waals surface area contributed by atoms with Crippen molar-refractivity contribution in [1.29, 1.82) is 0 Å². The number of thiazole rings is 1. The zero-order valence-electron chi connectivity index (χ0n) is 11.9. The Hall–Kier alpha value is -1.24. The van der Waals surface area contributed by atoms with E-state index < -0.39 is 0 Å². The van der Waals surface area contributed by atoms with Crippen LogP contribution in [0.4, 0.5) is 0 Å². The van der Waals surface area contributed by atoms with Crippen molar-refractivity contribution < 1.29 is 9.53 Å². The summed E-state index contributed by atoms with van der Waals surface area (Å²) in [6.45, 7) is 4.00. The number of hydrogen-bond donors (Lipinski definition) is 0. The molecule has 2 aromatic heterocycles. The van der Waals surface area contributed by atoms with Crippen molar-refractivity contribution in [1.82, 2.24) is 9.88 Å². The highest BCUT2D eigenvalue weighted by molar-refractivity contribution is 7.09. The Morgan fingerprint density at radius 1 is 1.52 bits per heavy atom. The first-order chi connectivity index (χ1) is 10.2. The number of nitrogens with zero attached hydrogens (tertiary/aromatic N) is 2. The zero-order chi connectivity index (χ0) is 14.7. The molecule has 0 saturated carbocycles. The van der Waals surface area contributed by atoms with Gasteiger partial charge in [0.05, 0.1) is 11.1 Å². The highest BCUT2D eigenvalue weighted by atomic mass is 32.1. The molecule has 1 amide bonds. The second kappa shape index (κ2) is 6.68. The predicted octanol–water partition coefficient (Wildman–Crippen LogP) is 3.33. The molecule has 1 aliphatic rings. The van der Waals surface area contributed by atoms with Crippen LogP contribution in [0.1, 0.15) is 33.9 Å². The molecule has 6 heteroatoms. The van der Waals surface area contributed by atoms with Gasteiger partial charge in [-0.25, -0.2) is 4.98 Å². The molecule has 3 heterocycles. The van der Waals surface area contributed by atoms with E-state index in [-0.39, 0.29) is 12.0 Å². The number of ether oxygens (including phenoxy) is 1. The number of thiophene rings is 1. The van der Waals surface area contributed by atoms with Gasteiger partial charge in [0, 0.05) is 25.1 Å². The van der Waals surface area contributed by atoms with Crippen LogP contribution in [0.5, 0.6) is 0 Å². The number of carbonyl (C=O) groups excluding carboxylic acids is 1. The SMILES string of the molecule is Cc1nc(C(=O)N(Cc2ccsc2)CC2CCCO2)cs1. The molecule has 0 aromatic carbocycles. The van der Waals surface area contributed by atoms with Crippen molar-refractivity contribution in [2.45, 2.75) is 32.4 Å². The van der Waals surface area contributed by atoms with Crippen LogP contribution in [0.15, 0.2) is 22.2 Å². The molecule has 1 fully saturated rings. The Balaban J connectivity index is 1.75. The Morgan fingerprint density at radius 2 is 2.43 bits per heavy atom. The molecular weight excluding hydrogens is 304 g/mol. The summed E-state index contributed by atoms with van der Waals surface area (Å²) in [5.41, 5.74) is 1.71. The Morgan fingerprint density at radius 3 is 3.05 bits per heavy atom. The van der Waals surface area contributed by atoms with Crippen molar-refractivity contribution in [2.75, 3.05) is 13.2 Å². The summed E-state index contributed by atoms with van der Waals surface area (Å²) in [7, 11) is 0. The average Bonchev–Trinajstić information content (AvgIpc) is 3.19. The lowest BCUT2D eigenvalue weighted by atomic mass is 10.2. The molecule has 2 aromatic rings. The van der Waals surface area contributed by atoms with Gasteiger partial charge < -0.3 is 9.64 Å². The summed E-state index contributed by atoms with van der Waals surface area (Å²) in [6.07, 6.45) is 2.28.